The van der Waals surface area contributed by atoms with Gasteiger partial charge in [-0.3, -0.25) is 0 Å². The summed E-state index contributed by atoms with van der Waals surface area (Å²) in [5, 5.41) is 9.36. The summed E-state index contributed by atoms with van der Waals surface area (Å²) in [5.74, 6) is 1.57. The third-order valence-electron chi connectivity index (χ3n) is 4.06. The summed E-state index contributed by atoms with van der Waals surface area (Å²) in [5.41, 5.74) is 1.99. The fourth-order valence-corrected chi connectivity index (χ4v) is 2.85. The summed E-state index contributed by atoms with van der Waals surface area (Å²) >= 11 is 0. The normalized spacial score (nSPS) is 21.1. The van der Waals surface area contributed by atoms with Crippen LogP contribution in [0.2, 0.25) is 0 Å². The van der Waals surface area contributed by atoms with Crippen molar-refractivity contribution in [3.05, 3.63) is 54.1 Å². The number of aliphatic hydroxyl groups is 1. The van der Waals surface area contributed by atoms with Crippen LogP contribution < -0.4 is 9.64 Å². The Labute approximate surface area is 130 Å². The highest BCUT2D eigenvalue weighted by Crippen LogP contribution is 2.30. The topological polar surface area (TPSA) is 32.7 Å². The number of benzene rings is 2. The molecule has 3 rings (SSSR count). The number of para-hydroxylation sites is 1. The Kier molecular flexibility index (Phi) is 4.29. The van der Waals surface area contributed by atoms with E-state index in [0.717, 1.165) is 22.7 Å². The van der Waals surface area contributed by atoms with Gasteiger partial charge in [-0.15, -0.1) is 0 Å². The third kappa shape index (κ3) is 3.07. The van der Waals surface area contributed by atoms with Gasteiger partial charge in [0.25, 0.3) is 0 Å². The maximum absolute atomic E-state index is 13.5. The SMILES string of the molecule is Cc1ccccc1Oc1ccc(N2C[C@@H](F)C[C@H]2CO)cc1. The van der Waals surface area contributed by atoms with Crippen LogP contribution in [-0.4, -0.2) is 30.5 Å². The minimum absolute atomic E-state index is 0.0259. The van der Waals surface area contributed by atoms with E-state index in [1.54, 1.807) is 0 Å². The first kappa shape index (κ1) is 14.9. The van der Waals surface area contributed by atoms with Crippen molar-refractivity contribution in [2.24, 2.45) is 0 Å². The molecule has 1 fully saturated rings. The first-order valence-electron chi connectivity index (χ1n) is 7.52. The number of aliphatic hydroxyl groups excluding tert-OH is 1. The Morgan fingerprint density at radius 3 is 2.59 bits per heavy atom. The van der Waals surface area contributed by atoms with Gasteiger partial charge in [-0.1, -0.05) is 18.2 Å². The molecule has 1 aliphatic heterocycles. The van der Waals surface area contributed by atoms with Crippen LogP contribution in [0.1, 0.15) is 12.0 Å². The summed E-state index contributed by atoms with van der Waals surface area (Å²) < 4.78 is 19.4. The fraction of sp³-hybridized carbons (Fsp3) is 0.333. The average Bonchev–Trinajstić information content (AvgIpc) is 2.91. The molecule has 1 heterocycles. The van der Waals surface area contributed by atoms with Crippen molar-refractivity contribution < 1.29 is 14.2 Å². The molecule has 3 nitrogen and oxygen atoms in total. The minimum atomic E-state index is -0.875. The van der Waals surface area contributed by atoms with Gasteiger partial charge in [-0.25, -0.2) is 4.39 Å². The number of aryl methyl sites for hydroxylation is 1. The first-order chi connectivity index (χ1) is 10.7. The van der Waals surface area contributed by atoms with Crippen molar-refractivity contribution in [2.75, 3.05) is 18.1 Å². The van der Waals surface area contributed by atoms with E-state index in [0.29, 0.717) is 13.0 Å². The summed E-state index contributed by atoms with van der Waals surface area (Å²) in [6.45, 7) is 2.31. The molecule has 2 atom stereocenters. The van der Waals surface area contributed by atoms with Crippen molar-refractivity contribution in [2.45, 2.75) is 25.6 Å². The zero-order valence-electron chi connectivity index (χ0n) is 12.6. The van der Waals surface area contributed by atoms with Crippen LogP contribution in [-0.2, 0) is 0 Å². The van der Waals surface area contributed by atoms with Gasteiger partial charge in [-0.2, -0.15) is 0 Å². The molecule has 1 aliphatic rings. The van der Waals surface area contributed by atoms with Gasteiger partial charge in [-0.05, 0) is 42.8 Å². The van der Waals surface area contributed by atoms with E-state index >= 15 is 0 Å². The Hall–Kier alpha value is -2.07. The smallest absolute Gasteiger partial charge is 0.130 e. The number of hydrogen-bond donors (Lipinski definition) is 1. The van der Waals surface area contributed by atoms with E-state index in [4.69, 9.17) is 4.74 Å². The van der Waals surface area contributed by atoms with Crippen molar-refractivity contribution in [3.8, 4) is 11.5 Å². The molecule has 4 heteroatoms. The number of halogens is 1. The van der Waals surface area contributed by atoms with Gasteiger partial charge in [0.05, 0.1) is 12.6 Å². The number of nitrogens with zero attached hydrogens (tertiary/aromatic N) is 1. The number of hydrogen-bond acceptors (Lipinski definition) is 3. The van der Waals surface area contributed by atoms with Crippen LogP contribution >= 0.6 is 0 Å². The van der Waals surface area contributed by atoms with Gasteiger partial charge < -0.3 is 14.7 Å². The monoisotopic (exact) mass is 301 g/mol. The number of anilines is 1. The van der Waals surface area contributed by atoms with E-state index in [-0.39, 0.29) is 12.6 Å². The molecule has 0 radical (unpaired) electrons. The van der Waals surface area contributed by atoms with E-state index in [2.05, 4.69) is 0 Å². The minimum Gasteiger partial charge on any atom is -0.457 e. The number of ether oxygens (including phenoxy) is 1. The highest BCUT2D eigenvalue weighted by molar-refractivity contribution is 5.52. The maximum Gasteiger partial charge on any atom is 0.130 e. The van der Waals surface area contributed by atoms with Crippen LogP contribution in [0.5, 0.6) is 11.5 Å². The molecule has 0 aliphatic carbocycles. The molecule has 0 saturated carbocycles. The van der Waals surface area contributed by atoms with Crippen molar-refractivity contribution >= 4 is 5.69 Å². The second-order valence-electron chi connectivity index (χ2n) is 5.68. The van der Waals surface area contributed by atoms with E-state index < -0.39 is 6.17 Å². The predicted molar refractivity (Wildman–Crippen MR) is 85.4 cm³/mol. The van der Waals surface area contributed by atoms with Crippen LogP contribution in [0.15, 0.2) is 48.5 Å². The Bertz CT molecular complexity index is 629. The fourth-order valence-electron chi connectivity index (χ4n) is 2.85. The standard InChI is InChI=1S/C18H20FNO2/c1-13-4-2-3-5-18(13)22-17-8-6-15(7-9-17)20-11-14(19)10-16(20)12-21/h2-9,14,16,21H,10-12H2,1H3/t14-,16-/m0/s1. The molecule has 1 N–H and O–H groups in total. The molecule has 1 saturated heterocycles. The first-order valence-corrected chi connectivity index (χ1v) is 7.52. The third-order valence-corrected chi connectivity index (χ3v) is 4.06. The average molecular weight is 301 g/mol. The molecular formula is C18H20FNO2. The van der Waals surface area contributed by atoms with Crippen LogP contribution in [0.4, 0.5) is 10.1 Å². The molecular weight excluding hydrogens is 281 g/mol. The van der Waals surface area contributed by atoms with Gasteiger partial charge in [0, 0.05) is 18.7 Å². The molecule has 0 unspecified atom stereocenters. The lowest BCUT2D eigenvalue weighted by Crippen LogP contribution is -2.32. The maximum atomic E-state index is 13.5. The summed E-state index contributed by atoms with van der Waals surface area (Å²) in [6, 6.07) is 15.3. The second kappa shape index (κ2) is 6.36. The lowest BCUT2D eigenvalue weighted by Gasteiger charge is -2.25. The van der Waals surface area contributed by atoms with Crippen LogP contribution in [0.25, 0.3) is 0 Å². The van der Waals surface area contributed by atoms with Crippen LogP contribution in [0.3, 0.4) is 0 Å². The van der Waals surface area contributed by atoms with Crippen LogP contribution in [0, 0.1) is 6.92 Å². The highest BCUT2D eigenvalue weighted by Gasteiger charge is 2.31. The lowest BCUT2D eigenvalue weighted by molar-refractivity contribution is 0.255. The molecule has 116 valence electrons. The zero-order chi connectivity index (χ0) is 15.5. The molecule has 0 amide bonds. The van der Waals surface area contributed by atoms with Gasteiger partial charge >= 0.3 is 0 Å². The molecule has 2 aromatic rings. The Balaban J connectivity index is 1.74. The number of rotatable bonds is 4. The molecule has 2 aromatic carbocycles. The zero-order valence-corrected chi connectivity index (χ0v) is 12.6. The van der Waals surface area contributed by atoms with E-state index in [9.17, 15) is 9.50 Å². The van der Waals surface area contributed by atoms with Crippen molar-refractivity contribution in [1.29, 1.82) is 0 Å². The summed E-state index contributed by atoms with van der Waals surface area (Å²) in [6.07, 6.45) is -0.488. The summed E-state index contributed by atoms with van der Waals surface area (Å²) in [7, 11) is 0. The quantitative estimate of drug-likeness (QED) is 0.934. The molecule has 0 bridgehead atoms. The van der Waals surface area contributed by atoms with E-state index in [1.807, 2.05) is 60.4 Å². The Morgan fingerprint density at radius 2 is 1.91 bits per heavy atom. The van der Waals surface area contributed by atoms with Crippen molar-refractivity contribution in [3.63, 3.8) is 0 Å². The van der Waals surface area contributed by atoms with Gasteiger partial charge in [0.2, 0.25) is 0 Å². The molecule has 0 aromatic heterocycles. The number of alkyl halides is 1. The highest BCUT2D eigenvalue weighted by atomic mass is 19.1. The van der Waals surface area contributed by atoms with E-state index in [1.165, 1.54) is 0 Å². The largest absolute Gasteiger partial charge is 0.457 e. The van der Waals surface area contributed by atoms with Gasteiger partial charge in [0.15, 0.2) is 0 Å². The lowest BCUT2D eigenvalue weighted by atomic mass is 10.2. The Morgan fingerprint density at radius 1 is 1.18 bits per heavy atom. The van der Waals surface area contributed by atoms with Crippen molar-refractivity contribution in [1.82, 2.24) is 0 Å². The molecule has 22 heavy (non-hydrogen) atoms. The van der Waals surface area contributed by atoms with Gasteiger partial charge in [0.1, 0.15) is 17.7 Å². The predicted octanol–water partition coefficient (Wildman–Crippen LogP) is 3.70. The summed E-state index contributed by atoms with van der Waals surface area (Å²) in [4.78, 5) is 1.92. The second-order valence-corrected chi connectivity index (χ2v) is 5.68. The molecule has 0 spiro atoms.